The van der Waals surface area contributed by atoms with Crippen LogP contribution < -0.4 is 0 Å². The van der Waals surface area contributed by atoms with Crippen molar-refractivity contribution in [2.45, 2.75) is 31.8 Å². The highest BCUT2D eigenvalue weighted by Crippen LogP contribution is 2.57. The minimum absolute atomic E-state index is 0.224. The van der Waals surface area contributed by atoms with Gasteiger partial charge in [0, 0.05) is 0 Å². The molecule has 0 amide bonds. The molecule has 3 rings (SSSR count). The zero-order valence-corrected chi connectivity index (χ0v) is 7.80. The molecular formula is C10H10O3. The highest BCUT2D eigenvalue weighted by atomic mass is 16.6. The van der Waals surface area contributed by atoms with Gasteiger partial charge in [0.25, 0.3) is 0 Å². The monoisotopic (exact) mass is 178 g/mol. The minimum Gasteiger partial charge on any atom is -0.460 e. The van der Waals surface area contributed by atoms with Crippen LogP contribution in [0.25, 0.3) is 0 Å². The number of hydrogen-bond acceptors (Lipinski definition) is 3. The Balaban J connectivity index is 2.39. The second-order valence-corrected chi connectivity index (χ2v) is 4.40. The lowest BCUT2D eigenvalue weighted by Crippen LogP contribution is -2.39. The normalized spacial score (nSPS) is 32.4. The molecule has 0 saturated carbocycles. The van der Waals surface area contributed by atoms with Crippen LogP contribution >= 0.6 is 0 Å². The number of hydrogen-bond donors (Lipinski definition) is 0. The number of esters is 1. The second kappa shape index (κ2) is 1.54. The fraction of sp³-hybridized carbons (Fsp3) is 0.500. The van der Waals surface area contributed by atoms with Gasteiger partial charge in [0.05, 0.1) is 5.41 Å². The first-order valence-electron chi connectivity index (χ1n) is 4.35. The molecule has 2 aliphatic heterocycles. The topological polar surface area (TPSA) is 39.4 Å². The van der Waals surface area contributed by atoms with E-state index in [1.807, 2.05) is 20.8 Å². The summed E-state index contributed by atoms with van der Waals surface area (Å²) in [6, 6.07) is 1.80. The lowest BCUT2D eigenvalue weighted by molar-refractivity contribution is -0.0317. The average Bonchev–Trinajstić information content (AvgIpc) is 2.56. The standard InChI is InChI=1S/C10H10O3/c1-9(2)6-4-5-7(12-6)10(9,3)13-8(5)11/h4H,1-3H3. The van der Waals surface area contributed by atoms with E-state index >= 15 is 0 Å². The lowest BCUT2D eigenvalue weighted by atomic mass is 9.72. The maximum atomic E-state index is 11.4. The van der Waals surface area contributed by atoms with Crippen LogP contribution in [-0.2, 0) is 15.8 Å². The molecule has 0 spiro atoms. The molecule has 3 heterocycles. The highest BCUT2D eigenvalue weighted by Gasteiger charge is 2.62. The Labute approximate surface area is 75.7 Å². The molecule has 2 bridgehead atoms. The molecule has 0 aliphatic carbocycles. The third-order valence-electron chi connectivity index (χ3n) is 3.49. The van der Waals surface area contributed by atoms with Gasteiger partial charge in [-0.2, -0.15) is 0 Å². The predicted octanol–water partition coefficient (Wildman–Crippen LogP) is 1.96. The minimum atomic E-state index is -0.566. The van der Waals surface area contributed by atoms with Crippen molar-refractivity contribution in [1.29, 1.82) is 0 Å². The summed E-state index contributed by atoms with van der Waals surface area (Å²) >= 11 is 0. The van der Waals surface area contributed by atoms with Gasteiger partial charge in [0.2, 0.25) is 0 Å². The van der Waals surface area contributed by atoms with Gasteiger partial charge in [-0.05, 0) is 26.8 Å². The molecule has 1 aromatic rings. The average molecular weight is 178 g/mol. The Kier molecular flexibility index (Phi) is 0.851. The van der Waals surface area contributed by atoms with Crippen LogP contribution in [-0.4, -0.2) is 5.97 Å². The Bertz CT molecular complexity index is 427. The van der Waals surface area contributed by atoms with Gasteiger partial charge in [0.15, 0.2) is 11.4 Å². The first kappa shape index (κ1) is 7.18. The summed E-state index contributed by atoms with van der Waals surface area (Å²) in [7, 11) is 0. The Hall–Kier alpha value is -1.25. The zero-order chi connectivity index (χ0) is 9.43. The third kappa shape index (κ3) is 0.496. The first-order valence-corrected chi connectivity index (χ1v) is 4.35. The van der Waals surface area contributed by atoms with Gasteiger partial charge in [-0.25, -0.2) is 4.79 Å². The maximum absolute atomic E-state index is 11.4. The van der Waals surface area contributed by atoms with E-state index in [9.17, 15) is 4.79 Å². The molecule has 2 aliphatic rings. The fourth-order valence-electron chi connectivity index (χ4n) is 2.14. The smallest absolute Gasteiger partial charge is 0.342 e. The Morgan fingerprint density at radius 3 is 2.54 bits per heavy atom. The van der Waals surface area contributed by atoms with Gasteiger partial charge in [-0.3, -0.25) is 0 Å². The molecule has 1 aromatic heterocycles. The third-order valence-corrected chi connectivity index (χ3v) is 3.49. The van der Waals surface area contributed by atoms with Crippen LogP contribution in [0.5, 0.6) is 0 Å². The maximum Gasteiger partial charge on any atom is 0.342 e. The van der Waals surface area contributed by atoms with Crippen molar-refractivity contribution in [2.75, 3.05) is 0 Å². The number of ether oxygens (including phenoxy) is 1. The fourth-order valence-corrected chi connectivity index (χ4v) is 2.14. The Morgan fingerprint density at radius 2 is 2.00 bits per heavy atom. The summed E-state index contributed by atoms with van der Waals surface area (Å²) in [5.41, 5.74) is -0.182. The molecule has 0 N–H and O–H groups in total. The van der Waals surface area contributed by atoms with E-state index in [1.165, 1.54) is 0 Å². The molecule has 13 heavy (non-hydrogen) atoms. The molecular weight excluding hydrogens is 168 g/mol. The van der Waals surface area contributed by atoms with E-state index in [4.69, 9.17) is 9.15 Å². The molecule has 1 atom stereocenters. The van der Waals surface area contributed by atoms with E-state index in [2.05, 4.69) is 0 Å². The number of carbonyl (C=O) groups excluding carboxylic acids is 1. The summed E-state index contributed by atoms with van der Waals surface area (Å²) in [5, 5.41) is 0. The number of fused-ring (bicyclic) bond motifs is 1. The van der Waals surface area contributed by atoms with Crippen LogP contribution in [0.1, 0.15) is 42.6 Å². The van der Waals surface area contributed by atoms with Gasteiger partial charge >= 0.3 is 5.97 Å². The predicted molar refractivity (Wildman–Crippen MR) is 44.5 cm³/mol. The van der Waals surface area contributed by atoms with Crippen LogP contribution in [0.2, 0.25) is 0 Å². The molecule has 0 saturated heterocycles. The highest BCUT2D eigenvalue weighted by molar-refractivity contribution is 5.95. The van der Waals surface area contributed by atoms with Gasteiger partial charge < -0.3 is 9.15 Å². The largest absolute Gasteiger partial charge is 0.460 e. The molecule has 0 radical (unpaired) electrons. The summed E-state index contributed by atoms with van der Waals surface area (Å²) in [6.07, 6.45) is 0. The van der Waals surface area contributed by atoms with E-state index in [0.29, 0.717) is 11.3 Å². The molecule has 3 heteroatoms. The van der Waals surface area contributed by atoms with Gasteiger partial charge in [-0.1, -0.05) is 0 Å². The first-order chi connectivity index (χ1) is 5.97. The van der Waals surface area contributed by atoms with Crippen molar-refractivity contribution in [1.82, 2.24) is 0 Å². The molecule has 0 aromatic carbocycles. The van der Waals surface area contributed by atoms with Crippen molar-refractivity contribution >= 4 is 5.97 Å². The second-order valence-electron chi connectivity index (χ2n) is 4.40. The van der Waals surface area contributed by atoms with Crippen LogP contribution in [0.4, 0.5) is 0 Å². The Morgan fingerprint density at radius 1 is 1.31 bits per heavy atom. The molecule has 3 nitrogen and oxygen atoms in total. The lowest BCUT2D eigenvalue weighted by Gasteiger charge is -2.32. The van der Waals surface area contributed by atoms with Crippen molar-refractivity contribution in [3.8, 4) is 0 Å². The van der Waals surface area contributed by atoms with Crippen LogP contribution in [0, 0.1) is 0 Å². The molecule has 68 valence electrons. The van der Waals surface area contributed by atoms with Crippen LogP contribution in [0.3, 0.4) is 0 Å². The molecule has 0 fully saturated rings. The van der Waals surface area contributed by atoms with E-state index in [1.54, 1.807) is 6.07 Å². The number of rotatable bonds is 0. The summed E-state index contributed by atoms with van der Waals surface area (Å²) in [5.74, 6) is 1.31. The number of furan rings is 1. The van der Waals surface area contributed by atoms with Crippen LogP contribution in [0.15, 0.2) is 10.5 Å². The quantitative estimate of drug-likeness (QED) is 0.570. The van der Waals surface area contributed by atoms with Crippen molar-refractivity contribution in [3.63, 3.8) is 0 Å². The number of carbonyl (C=O) groups is 1. The molecule has 1 unspecified atom stereocenters. The van der Waals surface area contributed by atoms with Crippen molar-refractivity contribution < 1.29 is 13.9 Å². The van der Waals surface area contributed by atoms with Crippen molar-refractivity contribution in [3.05, 3.63) is 23.2 Å². The zero-order valence-electron chi connectivity index (χ0n) is 7.80. The van der Waals surface area contributed by atoms with Gasteiger partial charge in [0.1, 0.15) is 11.3 Å². The summed E-state index contributed by atoms with van der Waals surface area (Å²) in [4.78, 5) is 11.4. The van der Waals surface area contributed by atoms with E-state index in [-0.39, 0.29) is 11.4 Å². The van der Waals surface area contributed by atoms with E-state index < -0.39 is 5.60 Å². The van der Waals surface area contributed by atoms with E-state index in [0.717, 1.165) is 5.76 Å². The summed E-state index contributed by atoms with van der Waals surface area (Å²) in [6.45, 7) is 5.97. The SMILES string of the molecule is CC1(C)c2cc3c(o2)C1(C)OC3=O. The summed E-state index contributed by atoms with van der Waals surface area (Å²) < 4.78 is 10.9. The van der Waals surface area contributed by atoms with Crippen molar-refractivity contribution in [2.24, 2.45) is 0 Å². The van der Waals surface area contributed by atoms with Gasteiger partial charge in [-0.15, -0.1) is 0 Å².